The van der Waals surface area contributed by atoms with E-state index in [1.807, 2.05) is 18.2 Å². The van der Waals surface area contributed by atoms with Gasteiger partial charge in [-0.1, -0.05) is 17.7 Å². The SMILES string of the molecule is O=C(O)C1CCCC2=C1Cc1ccc(Cl)cc12. The summed E-state index contributed by atoms with van der Waals surface area (Å²) in [5.74, 6) is -0.971. The summed E-state index contributed by atoms with van der Waals surface area (Å²) >= 11 is 6.01. The molecule has 17 heavy (non-hydrogen) atoms. The lowest BCUT2D eigenvalue weighted by molar-refractivity contribution is -0.140. The standard InChI is InChI=1S/C14H13ClO2/c15-9-5-4-8-6-13-10(12(8)7-9)2-1-3-11(13)14(16)17/h4-5,7,11H,1-3,6H2,(H,16,17). The monoisotopic (exact) mass is 248 g/mol. The van der Waals surface area contributed by atoms with Crippen molar-refractivity contribution in [1.82, 2.24) is 0 Å². The van der Waals surface area contributed by atoms with Crippen LogP contribution in [-0.4, -0.2) is 11.1 Å². The van der Waals surface area contributed by atoms with Gasteiger partial charge in [0.15, 0.2) is 0 Å². The Hall–Kier alpha value is -1.28. The molecule has 0 aliphatic heterocycles. The van der Waals surface area contributed by atoms with Crippen LogP contribution in [0.1, 0.15) is 30.4 Å². The van der Waals surface area contributed by atoms with Crippen LogP contribution in [0.25, 0.3) is 5.57 Å². The zero-order valence-electron chi connectivity index (χ0n) is 9.37. The largest absolute Gasteiger partial charge is 0.481 e. The van der Waals surface area contributed by atoms with Gasteiger partial charge in [-0.25, -0.2) is 0 Å². The van der Waals surface area contributed by atoms with E-state index >= 15 is 0 Å². The van der Waals surface area contributed by atoms with Crippen LogP contribution in [0.2, 0.25) is 5.02 Å². The maximum absolute atomic E-state index is 11.3. The smallest absolute Gasteiger partial charge is 0.310 e. The first-order valence-electron chi connectivity index (χ1n) is 5.90. The van der Waals surface area contributed by atoms with E-state index in [2.05, 4.69) is 0 Å². The van der Waals surface area contributed by atoms with Crippen molar-refractivity contribution in [1.29, 1.82) is 0 Å². The molecule has 1 atom stereocenters. The second kappa shape index (κ2) is 3.88. The molecule has 0 saturated heterocycles. The predicted octanol–water partition coefficient (Wildman–Crippen LogP) is 3.53. The molecule has 88 valence electrons. The van der Waals surface area contributed by atoms with Gasteiger partial charge in [0.05, 0.1) is 5.92 Å². The molecule has 0 heterocycles. The quantitative estimate of drug-likeness (QED) is 0.826. The maximum Gasteiger partial charge on any atom is 0.310 e. The summed E-state index contributed by atoms with van der Waals surface area (Å²) in [5, 5.41) is 9.99. The normalized spacial score (nSPS) is 22.3. The molecular weight excluding hydrogens is 236 g/mol. The number of rotatable bonds is 1. The first-order valence-corrected chi connectivity index (χ1v) is 6.28. The van der Waals surface area contributed by atoms with Crippen molar-refractivity contribution in [3.63, 3.8) is 0 Å². The molecule has 2 aliphatic rings. The number of hydrogen-bond donors (Lipinski definition) is 1. The Morgan fingerprint density at radius 3 is 3.00 bits per heavy atom. The number of hydrogen-bond acceptors (Lipinski definition) is 1. The molecule has 1 N–H and O–H groups in total. The van der Waals surface area contributed by atoms with Gasteiger partial charge in [0.2, 0.25) is 0 Å². The fraction of sp³-hybridized carbons (Fsp3) is 0.357. The van der Waals surface area contributed by atoms with E-state index in [9.17, 15) is 9.90 Å². The summed E-state index contributed by atoms with van der Waals surface area (Å²) in [7, 11) is 0. The maximum atomic E-state index is 11.3. The van der Waals surface area contributed by atoms with E-state index in [4.69, 9.17) is 11.6 Å². The highest BCUT2D eigenvalue weighted by molar-refractivity contribution is 6.30. The highest BCUT2D eigenvalue weighted by atomic mass is 35.5. The van der Waals surface area contributed by atoms with Gasteiger partial charge >= 0.3 is 5.97 Å². The van der Waals surface area contributed by atoms with Crippen molar-refractivity contribution in [2.45, 2.75) is 25.7 Å². The Bertz CT molecular complexity index is 531. The number of benzene rings is 1. The minimum atomic E-state index is -0.684. The summed E-state index contributed by atoms with van der Waals surface area (Å²) in [6, 6.07) is 5.88. The van der Waals surface area contributed by atoms with Gasteiger partial charge in [-0.3, -0.25) is 4.79 Å². The van der Waals surface area contributed by atoms with Gasteiger partial charge < -0.3 is 5.11 Å². The van der Waals surface area contributed by atoms with Crippen LogP contribution >= 0.6 is 11.6 Å². The molecular formula is C14H13ClO2. The van der Waals surface area contributed by atoms with E-state index < -0.39 is 5.97 Å². The van der Waals surface area contributed by atoms with Crippen LogP contribution in [-0.2, 0) is 11.2 Å². The van der Waals surface area contributed by atoms with E-state index in [1.165, 1.54) is 16.7 Å². The number of allylic oxidation sites excluding steroid dienone is 1. The van der Waals surface area contributed by atoms with Gasteiger partial charge in [-0.05, 0) is 60.1 Å². The lowest BCUT2D eigenvalue weighted by atomic mass is 9.83. The minimum Gasteiger partial charge on any atom is -0.481 e. The molecule has 0 fully saturated rings. The molecule has 2 aliphatic carbocycles. The number of aliphatic carboxylic acids is 1. The van der Waals surface area contributed by atoms with E-state index in [0.717, 1.165) is 36.3 Å². The van der Waals surface area contributed by atoms with Crippen LogP contribution in [0.3, 0.4) is 0 Å². The van der Waals surface area contributed by atoms with Crippen molar-refractivity contribution in [2.24, 2.45) is 5.92 Å². The average Bonchev–Trinajstić information content (AvgIpc) is 2.66. The number of carboxylic acids is 1. The molecule has 1 aromatic rings. The molecule has 2 nitrogen and oxygen atoms in total. The molecule has 0 aromatic heterocycles. The Labute approximate surface area is 105 Å². The third kappa shape index (κ3) is 1.67. The van der Waals surface area contributed by atoms with Crippen LogP contribution < -0.4 is 0 Å². The van der Waals surface area contributed by atoms with Crippen molar-refractivity contribution in [3.8, 4) is 0 Å². The third-order valence-corrected chi connectivity index (χ3v) is 4.04. The molecule has 3 heteroatoms. The van der Waals surface area contributed by atoms with Gasteiger partial charge in [-0.2, -0.15) is 0 Å². The van der Waals surface area contributed by atoms with Crippen molar-refractivity contribution >= 4 is 23.1 Å². The van der Waals surface area contributed by atoms with Gasteiger partial charge in [-0.15, -0.1) is 0 Å². The topological polar surface area (TPSA) is 37.3 Å². The molecule has 1 unspecified atom stereocenters. The van der Waals surface area contributed by atoms with Crippen LogP contribution in [0.4, 0.5) is 0 Å². The second-order valence-electron chi connectivity index (χ2n) is 4.77. The minimum absolute atomic E-state index is 0.287. The third-order valence-electron chi connectivity index (χ3n) is 3.80. The summed E-state index contributed by atoms with van der Waals surface area (Å²) in [6.07, 6.45) is 3.52. The number of halogens is 1. The molecule has 0 amide bonds. The van der Waals surface area contributed by atoms with Gasteiger partial charge in [0.25, 0.3) is 0 Å². The lowest BCUT2D eigenvalue weighted by Gasteiger charge is -2.21. The highest BCUT2D eigenvalue weighted by Gasteiger charge is 2.33. The second-order valence-corrected chi connectivity index (χ2v) is 5.20. The van der Waals surface area contributed by atoms with Crippen LogP contribution in [0, 0.1) is 5.92 Å². The zero-order valence-corrected chi connectivity index (χ0v) is 10.1. The number of carbonyl (C=O) groups is 1. The summed E-state index contributed by atoms with van der Waals surface area (Å²) in [6.45, 7) is 0. The first kappa shape index (κ1) is 10.8. The highest BCUT2D eigenvalue weighted by Crippen LogP contribution is 2.44. The fourth-order valence-electron chi connectivity index (χ4n) is 3.03. The number of fused-ring (bicyclic) bond motifs is 2. The Kier molecular flexibility index (Phi) is 2.48. The fourth-order valence-corrected chi connectivity index (χ4v) is 3.20. The van der Waals surface area contributed by atoms with Crippen LogP contribution in [0.15, 0.2) is 23.8 Å². The van der Waals surface area contributed by atoms with Gasteiger partial charge in [0, 0.05) is 5.02 Å². The molecule has 0 radical (unpaired) electrons. The Morgan fingerprint density at radius 1 is 1.41 bits per heavy atom. The van der Waals surface area contributed by atoms with Crippen molar-refractivity contribution in [3.05, 3.63) is 39.9 Å². The molecule has 0 saturated carbocycles. The van der Waals surface area contributed by atoms with Crippen LogP contribution in [0.5, 0.6) is 0 Å². The predicted molar refractivity (Wildman–Crippen MR) is 67.1 cm³/mol. The molecule has 0 spiro atoms. The first-order chi connectivity index (χ1) is 8.16. The Balaban J connectivity index is 2.09. The Morgan fingerprint density at radius 2 is 2.24 bits per heavy atom. The van der Waals surface area contributed by atoms with Gasteiger partial charge in [0.1, 0.15) is 0 Å². The summed E-state index contributed by atoms with van der Waals surface area (Å²) in [5.41, 5.74) is 4.76. The molecule has 1 aromatic carbocycles. The zero-order chi connectivity index (χ0) is 12.0. The van der Waals surface area contributed by atoms with E-state index in [-0.39, 0.29) is 5.92 Å². The van der Waals surface area contributed by atoms with E-state index in [0.29, 0.717) is 0 Å². The summed E-state index contributed by atoms with van der Waals surface area (Å²) < 4.78 is 0. The molecule has 3 rings (SSSR count). The number of carboxylic acid groups (broad SMARTS) is 1. The lowest BCUT2D eigenvalue weighted by Crippen LogP contribution is -2.19. The molecule has 0 bridgehead atoms. The van der Waals surface area contributed by atoms with Crippen molar-refractivity contribution < 1.29 is 9.90 Å². The average molecular weight is 249 g/mol. The van der Waals surface area contributed by atoms with E-state index in [1.54, 1.807) is 0 Å². The summed E-state index contributed by atoms with van der Waals surface area (Å²) in [4.78, 5) is 11.3. The van der Waals surface area contributed by atoms with Crippen molar-refractivity contribution in [2.75, 3.05) is 0 Å².